The second kappa shape index (κ2) is 8.21. The fourth-order valence-electron chi connectivity index (χ4n) is 2.94. The molecule has 0 radical (unpaired) electrons. The van der Waals surface area contributed by atoms with Crippen molar-refractivity contribution in [3.8, 4) is 17.2 Å². The van der Waals surface area contributed by atoms with Gasteiger partial charge in [0.1, 0.15) is 11.2 Å². The minimum Gasteiger partial charge on any atom is -0.497 e. The first-order valence-corrected chi connectivity index (χ1v) is 8.97. The van der Waals surface area contributed by atoms with Crippen molar-refractivity contribution in [3.63, 3.8) is 0 Å². The number of nitrogens with one attached hydrogen (secondary N) is 2. The summed E-state index contributed by atoms with van der Waals surface area (Å²) in [6.07, 6.45) is 1.06. The number of carbonyl (C=O) groups excluding carboxylic acids is 2. The van der Waals surface area contributed by atoms with E-state index in [1.165, 1.54) is 7.11 Å². The lowest BCUT2D eigenvalue weighted by molar-refractivity contribution is -0.134. The van der Waals surface area contributed by atoms with Gasteiger partial charge in [-0.25, -0.2) is 0 Å². The van der Waals surface area contributed by atoms with E-state index in [0.29, 0.717) is 36.6 Å². The van der Waals surface area contributed by atoms with Crippen LogP contribution in [0.2, 0.25) is 0 Å². The molecule has 0 aliphatic heterocycles. The molecule has 0 unspecified atom stereocenters. The lowest BCUT2D eigenvalue weighted by atomic mass is 10.0. The van der Waals surface area contributed by atoms with Crippen LogP contribution in [-0.4, -0.2) is 33.1 Å². The van der Waals surface area contributed by atoms with E-state index in [2.05, 4.69) is 10.6 Å². The molecule has 7 nitrogen and oxygen atoms in total. The largest absolute Gasteiger partial charge is 0.497 e. The van der Waals surface area contributed by atoms with Gasteiger partial charge in [0, 0.05) is 18.3 Å². The van der Waals surface area contributed by atoms with E-state index in [1.807, 2.05) is 24.3 Å². The monoisotopic (exact) mass is 384 g/mol. The van der Waals surface area contributed by atoms with Crippen LogP contribution >= 0.6 is 0 Å². The quantitative estimate of drug-likeness (QED) is 0.684. The standard InChI is InChI=1S/C21H24N2O5/c1-26-16-7-4-14(5-8-16)13-22-19(24)21(10-11-21)20(25)23-15-6-9-17(27-2)18(12-15)28-3/h4-9,12H,10-11,13H2,1-3H3,(H,22,24)(H,23,25). The first-order valence-electron chi connectivity index (χ1n) is 8.97. The van der Waals surface area contributed by atoms with Crippen LogP contribution in [0, 0.1) is 5.41 Å². The van der Waals surface area contributed by atoms with Gasteiger partial charge >= 0.3 is 0 Å². The molecule has 1 aliphatic carbocycles. The summed E-state index contributed by atoms with van der Waals surface area (Å²) in [4.78, 5) is 25.4. The third-order valence-electron chi connectivity index (χ3n) is 4.87. The Labute approximate surface area is 164 Å². The van der Waals surface area contributed by atoms with Crippen LogP contribution < -0.4 is 24.8 Å². The zero-order chi connectivity index (χ0) is 20.1. The normalized spacial score (nSPS) is 14.0. The fraction of sp³-hybridized carbons (Fsp3) is 0.333. The molecule has 1 fully saturated rings. The highest BCUT2D eigenvalue weighted by atomic mass is 16.5. The predicted octanol–water partition coefficient (Wildman–Crippen LogP) is 2.75. The molecule has 2 aromatic carbocycles. The first kappa shape index (κ1) is 19.5. The molecule has 0 spiro atoms. The van der Waals surface area contributed by atoms with E-state index >= 15 is 0 Å². The van der Waals surface area contributed by atoms with Crippen molar-refractivity contribution in [1.29, 1.82) is 0 Å². The van der Waals surface area contributed by atoms with Gasteiger partial charge in [0.25, 0.3) is 0 Å². The Morgan fingerprint density at radius 1 is 0.893 bits per heavy atom. The molecule has 3 rings (SSSR count). The van der Waals surface area contributed by atoms with E-state index in [9.17, 15) is 9.59 Å². The topological polar surface area (TPSA) is 85.9 Å². The van der Waals surface area contributed by atoms with Crippen LogP contribution in [0.15, 0.2) is 42.5 Å². The molecule has 2 amide bonds. The average Bonchev–Trinajstić information content (AvgIpc) is 3.54. The minimum absolute atomic E-state index is 0.263. The summed E-state index contributed by atoms with van der Waals surface area (Å²) in [6, 6.07) is 12.5. The maximum atomic E-state index is 12.7. The number of benzene rings is 2. The van der Waals surface area contributed by atoms with Crippen LogP contribution in [0.1, 0.15) is 18.4 Å². The molecule has 0 aromatic heterocycles. The summed E-state index contributed by atoms with van der Waals surface area (Å²) in [7, 11) is 4.67. The molecule has 28 heavy (non-hydrogen) atoms. The molecular formula is C21H24N2O5. The zero-order valence-corrected chi connectivity index (χ0v) is 16.2. The number of anilines is 1. The molecule has 2 aromatic rings. The maximum Gasteiger partial charge on any atom is 0.240 e. The Hall–Kier alpha value is -3.22. The SMILES string of the molecule is COc1ccc(CNC(=O)C2(C(=O)Nc3ccc(OC)c(OC)c3)CC2)cc1. The molecule has 1 saturated carbocycles. The summed E-state index contributed by atoms with van der Waals surface area (Å²) in [5, 5.41) is 5.67. The zero-order valence-electron chi connectivity index (χ0n) is 16.2. The summed E-state index contributed by atoms with van der Waals surface area (Å²) in [5.74, 6) is 1.25. The van der Waals surface area contributed by atoms with Crippen LogP contribution in [0.4, 0.5) is 5.69 Å². The van der Waals surface area contributed by atoms with Crippen LogP contribution in [0.3, 0.4) is 0 Å². The summed E-state index contributed by atoms with van der Waals surface area (Å²) >= 11 is 0. The minimum atomic E-state index is -1.01. The Morgan fingerprint density at radius 2 is 1.57 bits per heavy atom. The van der Waals surface area contributed by atoms with Crippen LogP contribution in [0.25, 0.3) is 0 Å². The highest BCUT2D eigenvalue weighted by molar-refractivity contribution is 6.13. The van der Waals surface area contributed by atoms with Gasteiger partial charge in [-0.15, -0.1) is 0 Å². The molecule has 1 aliphatic rings. The van der Waals surface area contributed by atoms with E-state index in [4.69, 9.17) is 14.2 Å². The summed E-state index contributed by atoms with van der Waals surface area (Å²) in [5.41, 5.74) is 0.474. The van der Waals surface area contributed by atoms with E-state index in [0.717, 1.165) is 11.3 Å². The van der Waals surface area contributed by atoms with Crippen molar-refractivity contribution in [2.45, 2.75) is 19.4 Å². The summed E-state index contributed by atoms with van der Waals surface area (Å²) in [6.45, 7) is 0.355. The van der Waals surface area contributed by atoms with Gasteiger partial charge in [-0.2, -0.15) is 0 Å². The van der Waals surface area contributed by atoms with Gasteiger partial charge in [-0.3, -0.25) is 9.59 Å². The van der Waals surface area contributed by atoms with Crippen LogP contribution in [0.5, 0.6) is 17.2 Å². The average molecular weight is 384 g/mol. The van der Waals surface area contributed by atoms with Gasteiger partial charge in [0.2, 0.25) is 11.8 Å². The van der Waals surface area contributed by atoms with Crippen molar-refractivity contribution in [2.75, 3.05) is 26.6 Å². The third kappa shape index (κ3) is 4.03. The molecule has 7 heteroatoms. The Morgan fingerprint density at radius 3 is 2.14 bits per heavy atom. The van der Waals surface area contributed by atoms with Crippen molar-refractivity contribution >= 4 is 17.5 Å². The Kier molecular flexibility index (Phi) is 5.73. The van der Waals surface area contributed by atoms with Crippen molar-refractivity contribution in [3.05, 3.63) is 48.0 Å². The predicted molar refractivity (Wildman–Crippen MR) is 105 cm³/mol. The number of hydrogen-bond acceptors (Lipinski definition) is 5. The molecule has 2 N–H and O–H groups in total. The number of rotatable bonds is 8. The van der Waals surface area contributed by atoms with E-state index < -0.39 is 5.41 Å². The first-order chi connectivity index (χ1) is 13.5. The van der Waals surface area contributed by atoms with Crippen molar-refractivity contribution in [2.24, 2.45) is 5.41 Å². The fourth-order valence-corrected chi connectivity index (χ4v) is 2.94. The van der Waals surface area contributed by atoms with Crippen molar-refractivity contribution in [1.82, 2.24) is 5.32 Å². The second-order valence-corrected chi connectivity index (χ2v) is 6.64. The maximum absolute atomic E-state index is 12.7. The van der Waals surface area contributed by atoms with Gasteiger partial charge in [0.05, 0.1) is 21.3 Å². The molecule has 0 atom stereocenters. The number of carbonyl (C=O) groups is 2. The second-order valence-electron chi connectivity index (χ2n) is 6.64. The van der Waals surface area contributed by atoms with E-state index in [1.54, 1.807) is 32.4 Å². The highest BCUT2D eigenvalue weighted by Gasteiger charge is 2.56. The number of hydrogen-bond donors (Lipinski definition) is 2. The lowest BCUT2D eigenvalue weighted by Crippen LogP contribution is -2.39. The summed E-state index contributed by atoms with van der Waals surface area (Å²) < 4.78 is 15.6. The molecule has 0 saturated heterocycles. The third-order valence-corrected chi connectivity index (χ3v) is 4.87. The smallest absolute Gasteiger partial charge is 0.240 e. The Bertz CT molecular complexity index is 860. The molecule has 0 heterocycles. The van der Waals surface area contributed by atoms with Gasteiger partial charge in [0.15, 0.2) is 11.5 Å². The van der Waals surface area contributed by atoms with Gasteiger partial charge in [-0.05, 0) is 42.7 Å². The van der Waals surface area contributed by atoms with Gasteiger partial charge in [-0.1, -0.05) is 12.1 Å². The number of methoxy groups -OCH3 is 3. The van der Waals surface area contributed by atoms with Crippen molar-refractivity contribution < 1.29 is 23.8 Å². The van der Waals surface area contributed by atoms with E-state index in [-0.39, 0.29) is 11.8 Å². The Balaban J connectivity index is 1.62. The lowest BCUT2D eigenvalue weighted by Gasteiger charge is -2.16. The number of ether oxygens (including phenoxy) is 3. The van der Waals surface area contributed by atoms with Gasteiger partial charge < -0.3 is 24.8 Å². The number of amides is 2. The van der Waals surface area contributed by atoms with Crippen LogP contribution in [-0.2, 0) is 16.1 Å². The highest BCUT2D eigenvalue weighted by Crippen LogP contribution is 2.47. The molecular weight excluding hydrogens is 360 g/mol. The molecule has 0 bridgehead atoms. The molecule has 148 valence electrons.